The van der Waals surface area contributed by atoms with Gasteiger partial charge in [0.25, 0.3) is 0 Å². The van der Waals surface area contributed by atoms with E-state index in [2.05, 4.69) is 36.7 Å². The summed E-state index contributed by atoms with van der Waals surface area (Å²) >= 11 is 1.95. The lowest BCUT2D eigenvalue weighted by molar-refractivity contribution is 0.356. The molecular formula is C17H27NOS. The highest BCUT2D eigenvalue weighted by atomic mass is 32.2. The SMILES string of the molecule is CCC(NCCCCCSC)c1ccc2c(c1)CCO2. The van der Waals surface area contributed by atoms with Crippen LogP contribution in [-0.4, -0.2) is 25.2 Å². The summed E-state index contributed by atoms with van der Waals surface area (Å²) in [5.74, 6) is 2.38. The van der Waals surface area contributed by atoms with E-state index in [4.69, 9.17) is 4.74 Å². The largest absolute Gasteiger partial charge is 0.493 e. The number of hydrogen-bond donors (Lipinski definition) is 1. The zero-order valence-corrected chi connectivity index (χ0v) is 13.6. The van der Waals surface area contributed by atoms with Gasteiger partial charge in [-0.3, -0.25) is 0 Å². The minimum absolute atomic E-state index is 0.487. The van der Waals surface area contributed by atoms with Gasteiger partial charge in [0.15, 0.2) is 0 Å². The lowest BCUT2D eigenvalue weighted by atomic mass is 10.0. The van der Waals surface area contributed by atoms with E-state index in [0.29, 0.717) is 6.04 Å². The molecule has 1 N–H and O–H groups in total. The highest BCUT2D eigenvalue weighted by molar-refractivity contribution is 7.98. The van der Waals surface area contributed by atoms with Crippen LogP contribution in [0.25, 0.3) is 0 Å². The Morgan fingerprint density at radius 2 is 2.20 bits per heavy atom. The minimum Gasteiger partial charge on any atom is -0.493 e. The van der Waals surface area contributed by atoms with E-state index in [1.54, 1.807) is 0 Å². The van der Waals surface area contributed by atoms with Gasteiger partial charge in [-0.05, 0) is 55.0 Å². The second-order valence-corrected chi connectivity index (χ2v) is 6.42. The molecule has 1 unspecified atom stereocenters. The fourth-order valence-corrected chi connectivity index (χ4v) is 3.24. The summed E-state index contributed by atoms with van der Waals surface area (Å²) in [5, 5.41) is 3.71. The second kappa shape index (κ2) is 8.58. The number of rotatable bonds is 9. The number of thioether (sulfide) groups is 1. The molecule has 1 aromatic rings. The first-order valence-electron chi connectivity index (χ1n) is 7.83. The van der Waals surface area contributed by atoms with Crippen LogP contribution in [0.15, 0.2) is 18.2 Å². The number of ether oxygens (including phenoxy) is 1. The third-order valence-electron chi connectivity index (χ3n) is 3.94. The highest BCUT2D eigenvalue weighted by Crippen LogP contribution is 2.29. The fraction of sp³-hybridized carbons (Fsp3) is 0.647. The summed E-state index contributed by atoms with van der Waals surface area (Å²) in [6.07, 6.45) is 8.35. The smallest absolute Gasteiger partial charge is 0.122 e. The first-order valence-corrected chi connectivity index (χ1v) is 9.22. The summed E-state index contributed by atoms with van der Waals surface area (Å²) < 4.78 is 5.58. The Balaban J connectivity index is 1.79. The summed E-state index contributed by atoms with van der Waals surface area (Å²) in [6.45, 7) is 4.23. The molecule has 0 aliphatic carbocycles. The monoisotopic (exact) mass is 293 g/mol. The van der Waals surface area contributed by atoms with E-state index in [1.807, 2.05) is 11.8 Å². The Kier molecular flexibility index (Phi) is 6.74. The van der Waals surface area contributed by atoms with Crippen molar-refractivity contribution < 1.29 is 4.74 Å². The van der Waals surface area contributed by atoms with Crippen molar-refractivity contribution in [1.29, 1.82) is 0 Å². The maximum atomic E-state index is 5.58. The number of benzene rings is 1. The predicted octanol–water partition coefficient (Wildman–Crippen LogP) is 4.20. The van der Waals surface area contributed by atoms with Crippen molar-refractivity contribution in [2.24, 2.45) is 0 Å². The molecule has 0 saturated carbocycles. The average Bonchev–Trinajstić information content (AvgIpc) is 2.94. The molecule has 2 rings (SSSR count). The topological polar surface area (TPSA) is 21.3 Å². The van der Waals surface area contributed by atoms with Crippen molar-refractivity contribution in [3.63, 3.8) is 0 Å². The lowest BCUT2D eigenvalue weighted by Gasteiger charge is -2.18. The van der Waals surface area contributed by atoms with Gasteiger partial charge in [-0.1, -0.05) is 25.5 Å². The Labute approximate surface area is 127 Å². The van der Waals surface area contributed by atoms with Gasteiger partial charge in [-0.2, -0.15) is 11.8 Å². The Morgan fingerprint density at radius 1 is 1.30 bits per heavy atom. The normalized spacial score (nSPS) is 14.9. The van der Waals surface area contributed by atoms with E-state index in [0.717, 1.165) is 31.7 Å². The molecule has 20 heavy (non-hydrogen) atoms. The molecule has 1 aliphatic rings. The average molecular weight is 293 g/mol. The number of unbranched alkanes of at least 4 members (excludes halogenated alkanes) is 2. The van der Waals surface area contributed by atoms with Crippen LogP contribution >= 0.6 is 11.8 Å². The van der Waals surface area contributed by atoms with Gasteiger partial charge >= 0.3 is 0 Å². The lowest BCUT2D eigenvalue weighted by Crippen LogP contribution is -2.22. The third-order valence-corrected chi connectivity index (χ3v) is 4.64. The van der Waals surface area contributed by atoms with Crippen LogP contribution in [-0.2, 0) is 6.42 Å². The van der Waals surface area contributed by atoms with Gasteiger partial charge < -0.3 is 10.1 Å². The number of fused-ring (bicyclic) bond motifs is 1. The second-order valence-electron chi connectivity index (χ2n) is 5.43. The molecule has 112 valence electrons. The van der Waals surface area contributed by atoms with E-state index < -0.39 is 0 Å². The fourth-order valence-electron chi connectivity index (χ4n) is 2.75. The van der Waals surface area contributed by atoms with Crippen LogP contribution in [0.4, 0.5) is 0 Å². The standard InChI is InChI=1S/C17H27NOS/c1-3-16(18-10-5-4-6-12-20-2)14-7-8-17-15(13-14)9-11-19-17/h7-8,13,16,18H,3-6,9-12H2,1-2H3. The van der Waals surface area contributed by atoms with Gasteiger partial charge in [0, 0.05) is 12.5 Å². The van der Waals surface area contributed by atoms with Crippen molar-refractivity contribution in [3.05, 3.63) is 29.3 Å². The van der Waals surface area contributed by atoms with Crippen LogP contribution in [0.1, 0.15) is 49.8 Å². The van der Waals surface area contributed by atoms with Crippen molar-refractivity contribution >= 4 is 11.8 Å². The van der Waals surface area contributed by atoms with Crippen molar-refractivity contribution in [2.75, 3.05) is 25.2 Å². The molecule has 0 radical (unpaired) electrons. The minimum atomic E-state index is 0.487. The van der Waals surface area contributed by atoms with E-state index in [-0.39, 0.29) is 0 Å². The summed E-state index contributed by atoms with van der Waals surface area (Å²) in [7, 11) is 0. The van der Waals surface area contributed by atoms with Gasteiger partial charge in [0.2, 0.25) is 0 Å². The van der Waals surface area contributed by atoms with Crippen molar-refractivity contribution in [1.82, 2.24) is 5.32 Å². The van der Waals surface area contributed by atoms with E-state index >= 15 is 0 Å². The molecule has 0 spiro atoms. The maximum Gasteiger partial charge on any atom is 0.122 e. The number of hydrogen-bond acceptors (Lipinski definition) is 3. The molecule has 1 aliphatic heterocycles. The molecule has 1 heterocycles. The molecule has 0 fully saturated rings. The van der Waals surface area contributed by atoms with Gasteiger partial charge in [-0.15, -0.1) is 0 Å². The molecular weight excluding hydrogens is 266 g/mol. The van der Waals surface area contributed by atoms with Crippen LogP contribution < -0.4 is 10.1 Å². The van der Waals surface area contributed by atoms with Gasteiger partial charge in [0.05, 0.1) is 6.61 Å². The highest BCUT2D eigenvalue weighted by Gasteiger charge is 2.15. The van der Waals surface area contributed by atoms with Gasteiger partial charge in [-0.25, -0.2) is 0 Å². The zero-order chi connectivity index (χ0) is 14.2. The van der Waals surface area contributed by atoms with Crippen LogP contribution in [0.3, 0.4) is 0 Å². The first-order chi connectivity index (χ1) is 9.85. The van der Waals surface area contributed by atoms with Gasteiger partial charge in [0.1, 0.15) is 5.75 Å². The maximum absolute atomic E-state index is 5.58. The molecule has 0 amide bonds. The van der Waals surface area contributed by atoms with E-state index in [9.17, 15) is 0 Å². The molecule has 2 nitrogen and oxygen atoms in total. The summed E-state index contributed by atoms with van der Waals surface area (Å²) in [6, 6.07) is 7.18. The van der Waals surface area contributed by atoms with Crippen molar-refractivity contribution in [2.45, 2.75) is 45.1 Å². The Hall–Kier alpha value is -0.670. The quantitative estimate of drug-likeness (QED) is 0.690. The molecule has 0 saturated heterocycles. The molecule has 3 heteroatoms. The molecule has 0 bridgehead atoms. The summed E-state index contributed by atoms with van der Waals surface area (Å²) in [5.41, 5.74) is 2.79. The first kappa shape index (κ1) is 15.7. The Bertz CT molecular complexity index is 408. The predicted molar refractivity (Wildman–Crippen MR) is 88.9 cm³/mol. The van der Waals surface area contributed by atoms with Crippen LogP contribution in [0.5, 0.6) is 5.75 Å². The zero-order valence-electron chi connectivity index (χ0n) is 12.8. The van der Waals surface area contributed by atoms with Crippen molar-refractivity contribution in [3.8, 4) is 5.75 Å². The van der Waals surface area contributed by atoms with Crippen LogP contribution in [0.2, 0.25) is 0 Å². The summed E-state index contributed by atoms with van der Waals surface area (Å²) in [4.78, 5) is 0. The Morgan fingerprint density at radius 3 is 3.00 bits per heavy atom. The molecule has 1 atom stereocenters. The van der Waals surface area contributed by atoms with E-state index in [1.165, 1.54) is 36.1 Å². The van der Waals surface area contributed by atoms with Crippen LogP contribution in [0, 0.1) is 0 Å². The number of nitrogens with one attached hydrogen (secondary N) is 1. The molecule has 1 aromatic carbocycles. The molecule has 0 aromatic heterocycles. The third kappa shape index (κ3) is 4.42.